The molecule has 0 bridgehead atoms. The molecule has 0 amide bonds. The van der Waals surface area contributed by atoms with Crippen LogP contribution < -0.4 is 0 Å². The first-order valence-corrected chi connectivity index (χ1v) is 7.23. The van der Waals surface area contributed by atoms with E-state index in [-0.39, 0.29) is 18.0 Å². The van der Waals surface area contributed by atoms with Crippen LogP contribution in [0.25, 0.3) is 0 Å². The zero-order valence-electron chi connectivity index (χ0n) is 9.34. The predicted molar refractivity (Wildman–Crippen MR) is 73.3 cm³/mol. The first-order chi connectivity index (χ1) is 8.02. The van der Waals surface area contributed by atoms with Gasteiger partial charge in [0.1, 0.15) is 0 Å². The van der Waals surface area contributed by atoms with E-state index < -0.39 is 10.0 Å². The van der Waals surface area contributed by atoms with Crippen LogP contribution in [0.15, 0.2) is 58.9 Å². The standard InChI is InChI=1S/C12H14BrNO2S/c1-3-9-14(10-4-2)17(15,16)12-7-5-11(13)6-8-12/h3-8H,1-2,9-10H2. The van der Waals surface area contributed by atoms with Crippen molar-refractivity contribution in [1.82, 2.24) is 4.31 Å². The second kappa shape index (κ2) is 6.14. The Morgan fingerprint density at radius 2 is 1.59 bits per heavy atom. The molecule has 0 saturated carbocycles. The molecule has 0 heterocycles. The molecule has 3 nitrogen and oxygen atoms in total. The van der Waals surface area contributed by atoms with E-state index in [4.69, 9.17) is 0 Å². The van der Waals surface area contributed by atoms with Gasteiger partial charge in [-0.1, -0.05) is 28.1 Å². The molecule has 0 aliphatic rings. The Labute approximate surface area is 111 Å². The van der Waals surface area contributed by atoms with Gasteiger partial charge in [0.15, 0.2) is 0 Å². The summed E-state index contributed by atoms with van der Waals surface area (Å²) in [7, 11) is -3.47. The fourth-order valence-electron chi connectivity index (χ4n) is 1.31. The van der Waals surface area contributed by atoms with Crippen molar-refractivity contribution >= 4 is 26.0 Å². The molecule has 1 aromatic rings. The second-order valence-electron chi connectivity index (χ2n) is 3.35. The van der Waals surface area contributed by atoms with E-state index in [1.807, 2.05) is 0 Å². The fraction of sp³-hybridized carbons (Fsp3) is 0.167. The lowest BCUT2D eigenvalue weighted by Gasteiger charge is -2.18. The maximum Gasteiger partial charge on any atom is 0.243 e. The minimum absolute atomic E-state index is 0.268. The van der Waals surface area contributed by atoms with Gasteiger partial charge in [0.05, 0.1) is 4.90 Å². The SMILES string of the molecule is C=CCN(CC=C)S(=O)(=O)c1ccc(Br)cc1. The summed E-state index contributed by atoms with van der Waals surface area (Å²) in [6.45, 7) is 7.65. The molecular formula is C12H14BrNO2S. The summed E-state index contributed by atoms with van der Waals surface area (Å²) in [6, 6.07) is 6.54. The van der Waals surface area contributed by atoms with E-state index in [9.17, 15) is 8.42 Å². The van der Waals surface area contributed by atoms with E-state index in [2.05, 4.69) is 29.1 Å². The normalized spacial score (nSPS) is 11.4. The average Bonchev–Trinajstić information content (AvgIpc) is 2.29. The highest BCUT2D eigenvalue weighted by atomic mass is 79.9. The van der Waals surface area contributed by atoms with Gasteiger partial charge < -0.3 is 0 Å². The first-order valence-electron chi connectivity index (χ1n) is 5.00. The third-order valence-electron chi connectivity index (χ3n) is 2.12. The molecule has 0 spiro atoms. The number of hydrogen-bond donors (Lipinski definition) is 0. The lowest BCUT2D eigenvalue weighted by molar-refractivity contribution is 0.474. The van der Waals surface area contributed by atoms with Gasteiger partial charge in [-0.3, -0.25) is 0 Å². The van der Waals surface area contributed by atoms with Crippen LogP contribution in [-0.2, 0) is 10.0 Å². The summed E-state index contributed by atoms with van der Waals surface area (Å²) in [6.07, 6.45) is 3.11. The Hall–Kier alpha value is -0.910. The molecule has 0 unspecified atom stereocenters. The molecule has 0 N–H and O–H groups in total. The van der Waals surface area contributed by atoms with Gasteiger partial charge in [-0.25, -0.2) is 8.42 Å². The van der Waals surface area contributed by atoms with Gasteiger partial charge >= 0.3 is 0 Å². The summed E-state index contributed by atoms with van der Waals surface area (Å²) < 4.78 is 26.6. The summed E-state index contributed by atoms with van der Waals surface area (Å²) in [5.41, 5.74) is 0. The molecule has 17 heavy (non-hydrogen) atoms. The van der Waals surface area contributed by atoms with Crippen molar-refractivity contribution in [2.24, 2.45) is 0 Å². The molecule has 1 rings (SSSR count). The van der Waals surface area contributed by atoms with Crippen LogP contribution in [0.3, 0.4) is 0 Å². The van der Waals surface area contributed by atoms with Gasteiger partial charge in [-0.2, -0.15) is 4.31 Å². The summed E-state index contributed by atoms with van der Waals surface area (Å²) in [5, 5.41) is 0. The highest BCUT2D eigenvalue weighted by Gasteiger charge is 2.21. The van der Waals surface area contributed by atoms with Crippen LogP contribution in [0.4, 0.5) is 0 Å². The Bertz CT molecular complexity index is 484. The number of halogens is 1. The molecule has 0 fully saturated rings. The molecule has 5 heteroatoms. The third-order valence-corrected chi connectivity index (χ3v) is 4.49. The fourth-order valence-corrected chi connectivity index (χ4v) is 2.96. The summed E-state index contributed by atoms with van der Waals surface area (Å²) in [4.78, 5) is 0.268. The van der Waals surface area contributed by atoms with Crippen molar-refractivity contribution < 1.29 is 8.42 Å². The maximum atomic E-state index is 12.2. The lowest BCUT2D eigenvalue weighted by atomic mass is 10.4. The Morgan fingerprint density at radius 3 is 2.00 bits per heavy atom. The molecule has 0 radical (unpaired) electrons. The number of nitrogens with zero attached hydrogens (tertiary/aromatic N) is 1. The first kappa shape index (κ1) is 14.2. The minimum Gasteiger partial charge on any atom is -0.207 e. The molecule has 0 aliphatic heterocycles. The average molecular weight is 316 g/mol. The zero-order chi connectivity index (χ0) is 12.9. The molecular weight excluding hydrogens is 302 g/mol. The van der Waals surface area contributed by atoms with Crippen LogP contribution in [0.5, 0.6) is 0 Å². The predicted octanol–water partition coefficient (Wildman–Crippen LogP) is 2.81. The van der Waals surface area contributed by atoms with Crippen LogP contribution in [0.2, 0.25) is 0 Å². The van der Waals surface area contributed by atoms with E-state index in [0.717, 1.165) is 4.47 Å². The van der Waals surface area contributed by atoms with Gasteiger partial charge in [0.2, 0.25) is 10.0 Å². The van der Waals surface area contributed by atoms with Crippen LogP contribution in [0.1, 0.15) is 0 Å². The third kappa shape index (κ3) is 3.52. The quantitative estimate of drug-likeness (QED) is 0.757. The van der Waals surface area contributed by atoms with E-state index in [1.54, 1.807) is 36.4 Å². The molecule has 92 valence electrons. The molecule has 0 aliphatic carbocycles. The Kier molecular flexibility index (Phi) is 5.11. The van der Waals surface area contributed by atoms with Crippen molar-refractivity contribution in [1.29, 1.82) is 0 Å². The molecule has 1 aromatic carbocycles. The molecule has 0 aromatic heterocycles. The summed E-state index contributed by atoms with van der Waals surface area (Å²) in [5.74, 6) is 0. The van der Waals surface area contributed by atoms with Crippen LogP contribution in [0, 0.1) is 0 Å². The number of rotatable bonds is 6. The van der Waals surface area contributed by atoms with Crippen LogP contribution >= 0.6 is 15.9 Å². The van der Waals surface area contributed by atoms with Crippen molar-refractivity contribution in [3.8, 4) is 0 Å². The van der Waals surface area contributed by atoms with Crippen molar-refractivity contribution in [3.05, 3.63) is 54.0 Å². The molecule has 0 atom stereocenters. The van der Waals surface area contributed by atoms with E-state index in [0.29, 0.717) is 0 Å². The number of benzene rings is 1. The highest BCUT2D eigenvalue weighted by Crippen LogP contribution is 2.18. The van der Waals surface area contributed by atoms with Gasteiger partial charge in [0, 0.05) is 17.6 Å². The smallest absolute Gasteiger partial charge is 0.207 e. The van der Waals surface area contributed by atoms with E-state index >= 15 is 0 Å². The largest absolute Gasteiger partial charge is 0.243 e. The second-order valence-corrected chi connectivity index (χ2v) is 6.21. The Morgan fingerprint density at radius 1 is 1.12 bits per heavy atom. The van der Waals surface area contributed by atoms with E-state index in [1.165, 1.54) is 4.31 Å². The maximum absolute atomic E-state index is 12.2. The van der Waals surface area contributed by atoms with Crippen molar-refractivity contribution in [3.63, 3.8) is 0 Å². The number of hydrogen-bond acceptors (Lipinski definition) is 2. The summed E-state index contributed by atoms with van der Waals surface area (Å²) >= 11 is 3.27. The Balaban J connectivity index is 3.10. The molecule has 0 saturated heterocycles. The van der Waals surface area contributed by atoms with Crippen molar-refractivity contribution in [2.45, 2.75) is 4.90 Å². The lowest BCUT2D eigenvalue weighted by Crippen LogP contribution is -2.31. The monoisotopic (exact) mass is 315 g/mol. The number of sulfonamides is 1. The minimum atomic E-state index is -3.47. The highest BCUT2D eigenvalue weighted by molar-refractivity contribution is 9.10. The van der Waals surface area contributed by atoms with Gasteiger partial charge in [-0.05, 0) is 24.3 Å². The van der Waals surface area contributed by atoms with Crippen LogP contribution in [-0.4, -0.2) is 25.8 Å². The van der Waals surface area contributed by atoms with Gasteiger partial charge in [0.25, 0.3) is 0 Å². The topological polar surface area (TPSA) is 37.4 Å². The van der Waals surface area contributed by atoms with Gasteiger partial charge in [-0.15, -0.1) is 13.2 Å². The van der Waals surface area contributed by atoms with Crippen molar-refractivity contribution in [2.75, 3.05) is 13.1 Å². The zero-order valence-corrected chi connectivity index (χ0v) is 11.7.